The van der Waals surface area contributed by atoms with E-state index in [0.717, 1.165) is 6.61 Å². The molecule has 0 radical (unpaired) electrons. The normalized spacial score (nSPS) is 28.5. The van der Waals surface area contributed by atoms with Crippen LogP contribution in [0.5, 0.6) is 0 Å². The van der Waals surface area contributed by atoms with Gasteiger partial charge in [-0.05, 0) is 19.4 Å². The lowest BCUT2D eigenvalue weighted by Gasteiger charge is -2.04. The van der Waals surface area contributed by atoms with Crippen LogP contribution >= 0.6 is 0 Å². The number of ether oxygens (including phenoxy) is 1. The van der Waals surface area contributed by atoms with E-state index >= 15 is 0 Å². The average molecular weight is 148 g/mol. The lowest BCUT2D eigenvalue weighted by molar-refractivity contribution is 0.329. The Labute approximate surface area is 67.0 Å². The van der Waals surface area contributed by atoms with Gasteiger partial charge in [-0.15, -0.1) is 0 Å². The van der Waals surface area contributed by atoms with Crippen LogP contribution < -0.4 is 0 Å². The molecule has 1 heteroatoms. The highest BCUT2D eigenvalue weighted by molar-refractivity contribution is 5.28. The number of aryl methyl sites for hydroxylation is 1. The van der Waals surface area contributed by atoms with Gasteiger partial charge < -0.3 is 4.74 Å². The Hall–Kier alpha value is -0.820. The molecule has 1 unspecified atom stereocenters. The predicted molar refractivity (Wildman–Crippen MR) is 44.5 cm³/mol. The van der Waals surface area contributed by atoms with Crippen LogP contribution in [0.4, 0.5) is 0 Å². The fourth-order valence-corrected chi connectivity index (χ4v) is 1.18. The van der Waals surface area contributed by atoms with Crippen LogP contribution in [0.25, 0.3) is 0 Å². The lowest BCUT2D eigenvalue weighted by atomic mass is 10.0. The van der Waals surface area contributed by atoms with Gasteiger partial charge in [0.2, 0.25) is 0 Å². The fraction of sp³-hybridized carbons (Fsp3) is 0.400. The molecule has 0 aliphatic carbocycles. The van der Waals surface area contributed by atoms with E-state index in [-0.39, 0.29) is 5.60 Å². The molecule has 0 aromatic heterocycles. The molecule has 1 aliphatic rings. The van der Waals surface area contributed by atoms with Gasteiger partial charge in [0.25, 0.3) is 0 Å². The zero-order chi connectivity index (χ0) is 7.90. The Morgan fingerprint density at radius 1 is 1.27 bits per heavy atom. The van der Waals surface area contributed by atoms with E-state index in [1.807, 2.05) is 0 Å². The zero-order valence-corrected chi connectivity index (χ0v) is 6.92. The SMILES string of the molecule is Cc1ccc(C2(C)CO2)cc1. The second-order valence-electron chi connectivity index (χ2n) is 3.39. The van der Waals surface area contributed by atoms with Crippen LogP contribution in [-0.4, -0.2) is 6.61 Å². The third-order valence-electron chi connectivity index (χ3n) is 2.24. The molecule has 1 nitrogen and oxygen atoms in total. The van der Waals surface area contributed by atoms with Crippen LogP contribution in [0, 0.1) is 6.92 Å². The summed E-state index contributed by atoms with van der Waals surface area (Å²) in [7, 11) is 0. The molecule has 0 N–H and O–H groups in total. The molecule has 1 saturated heterocycles. The topological polar surface area (TPSA) is 12.5 Å². The van der Waals surface area contributed by atoms with Gasteiger partial charge >= 0.3 is 0 Å². The van der Waals surface area contributed by atoms with Crippen molar-refractivity contribution in [3.8, 4) is 0 Å². The van der Waals surface area contributed by atoms with Crippen LogP contribution in [0.2, 0.25) is 0 Å². The summed E-state index contributed by atoms with van der Waals surface area (Å²) in [6.45, 7) is 5.09. The zero-order valence-electron chi connectivity index (χ0n) is 6.92. The van der Waals surface area contributed by atoms with Gasteiger partial charge in [-0.2, -0.15) is 0 Å². The Morgan fingerprint density at radius 2 is 1.82 bits per heavy atom. The smallest absolute Gasteiger partial charge is 0.114 e. The molecular weight excluding hydrogens is 136 g/mol. The third kappa shape index (κ3) is 1.16. The molecule has 2 rings (SSSR count). The fourth-order valence-electron chi connectivity index (χ4n) is 1.18. The van der Waals surface area contributed by atoms with Crippen molar-refractivity contribution in [2.45, 2.75) is 19.4 Å². The van der Waals surface area contributed by atoms with Crippen molar-refractivity contribution < 1.29 is 4.74 Å². The van der Waals surface area contributed by atoms with E-state index in [4.69, 9.17) is 4.74 Å². The molecule has 0 bridgehead atoms. The number of hydrogen-bond donors (Lipinski definition) is 0. The second kappa shape index (κ2) is 2.08. The van der Waals surface area contributed by atoms with Crippen LogP contribution in [0.15, 0.2) is 24.3 Å². The quantitative estimate of drug-likeness (QED) is 0.556. The molecule has 0 saturated carbocycles. The summed E-state index contributed by atoms with van der Waals surface area (Å²) >= 11 is 0. The molecular formula is C10H12O. The van der Waals surface area contributed by atoms with Crippen LogP contribution in [0.3, 0.4) is 0 Å². The van der Waals surface area contributed by atoms with Crippen LogP contribution in [-0.2, 0) is 10.3 Å². The van der Waals surface area contributed by atoms with Gasteiger partial charge in [0.05, 0.1) is 6.61 Å². The van der Waals surface area contributed by atoms with Crippen molar-refractivity contribution in [2.75, 3.05) is 6.61 Å². The van der Waals surface area contributed by atoms with Crippen molar-refractivity contribution in [1.82, 2.24) is 0 Å². The molecule has 1 aliphatic heterocycles. The van der Waals surface area contributed by atoms with Crippen molar-refractivity contribution in [2.24, 2.45) is 0 Å². The van der Waals surface area contributed by atoms with E-state index in [1.54, 1.807) is 0 Å². The minimum Gasteiger partial charge on any atom is -0.365 e. The van der Waals surface area contributed by atoms with E-state index in [0.29, 0.717) is 0 Å². The van der Waals surface area contributed by atoms with Crippen molar-refractivity contribution in [3.63, 3.8) is 0 Å². The summed E-state index contributed by atoms with van der Waals surface area (Å²) in [5.74, 6) is 0. The number of epoxide rings is 1. The molecule has 1 atom stereocenters. The monoisotopic (exact) mass is 148 g/mol. The highest BCUT2D eigenvalue weighted by Gasteiger charge is 2.40. The first-order valence-corrected chi connectivity index (χ1v) is 3.92. The van der Waals surface area contributed by atoms with Gasteiger partial charge in [0.1, 0.15) is 5.60 Å². The Kier molecular flexibility index (Phi) is 1.30. The number of benzene rings is 1. The lowest BCUT2D eigenvalue weighted by Crippen LogP contribution is -2.00. The predicted octanol–water partition coefficient (Wildman–Crippen LogP) is 2.24. The largest absolute Gasteiger partial charge is 0.365 e. The number of rotatable bonds is 1. The highest BCUT2D eigenvalue weighted by Crippen LogP contribution is 2.37. The summed E-state index contributed by atoms with van der Waals surface area (Å²) < 4.78 is 5.32. The molecule has 1 aromatic carbocycles. The molecule has 1 fully saturated rings. The average Bonchev–Trinajstić information content (AvgIpc) is 2.70. The first-order valence-electron chi connectivity index (χ1n) is 3.92. The van der Waals surface area contributed by atoms with Crippen molar-refractivity contribution in [3.05, 3.63) is 35.4 Å². The Morgan fingerprint density at radius 3 is 2.27 bits per heavy atom. The van der Waals surface area contributed by atoms with E-state index in [2.05, 4.69) is 38.1 Å². The Bertz CT molecular complexity index is 257. The second-order valence-corrected chi connectivity index (χ2v) is 3.39. The number of hydrogen-bond acceptors (Lipinski definition) is 1. The van der Waals surface area contributed by atoms with Gasteiger partial charge in [-0.3, -0.25) is 0 Å². The van der Waals surface area contributed by atoms with Gasteiger partial charge in [0, 0.05) is 0 Å². The summed E-state index contributed by atoms with van der Waals surface area (Å²) in [6, 6.07) is 8.54. The maximum absolute atomic E-state index is 5.32. The molecule has 1 aromatic rings. The van der Waals surface area contributed by atoms with E-state index in [1.165, 1.54) is 11.1 Å². The van der Waals surface area contributed by atoms with Crippen molar-refractivity contribution >= 4 is 0 Å². The van der Waals surface area contributed by atoms with E-state index < -0.39 is 0 Å². The van der Waals surface area contributed by atoms with Gasteiger partial charge in [-0.1, -0.05) is 29.8 Å². The first kappa shape index (κ1) is 6.86. The van der Waals surface area contributed by atoms with E-state index in [9.17, 15) is 0 Å². The molecule has 58 valence electrons. The summed E-state index contributed by atoms with van der Waals surface area (Å²) in [5.41, 5.74) is 2.63. The van der Waals surface area contributed by atoms with Crippen molar-refractivity contribution in [1.29, 1.82) is 0 Å². The summed E-state index contributed by atoms with van der Waals surface area (Å²) in [6.07, 6.45) is 0. The maximum atomic E-state index is 5.32. The highest BCUT2D eigenvalue weighted by atomic mass is 16.6. The summed E-state index contributed by atoms with van der Waals surface area (Å²) in [4.78, 5) is 0. The molecule has 11 heavy (non-hydrogen) atoms. The molecule has 1 heterocycles. The molecule has 0 spiro atoms. The standard InChI is InChI=1S/C10H12O/c1-8-3-5-9(6-4-8)10(2)7-11-10/h3-6H,7H2,1-2H3. The van der Waals surface area contributed by atoms with Gasteiger partial charge in [-0.25, -0.2) is 0 Å². The minimum atomic E-state index is 0.0354. The summed E-state index contributed by atoms with van der Waals surface area (Å²) in [5, 5.41) is 0. The first-order chi connectivity index (χ1) is 5.21. The minimum absolute atomic E-state index is 0.0354. The van der Waals surface area contributed by atoms with Crippen LogP contribution in [0.1, 0.15) is 18.1 Å². The maximum Gasteiger partial charge on any atom is 0.114 e. The third-order valence-corrected chi connectivity index (χ3v) is 2.24. The van der Waals surface area contributed by atoms with Gasteiger partial charge in [0.15, 0.2) is 0 Å². The molecule has 0 amide bonds. The Balaban J connectivity index is 2.33.